The van der Waals surface area contributed by atoms with E-state index in [1.54, 1.807) is 24.3 Å². The zero-order valence-corrected chi connectivity index (χ0v) is 10.2. The maximum absolute atomic E-state index is 12.0. The van der Waals surface area contributed by atoms with Gasteiger partial charge in [0.25, 0.3) is 5.91 Å². The van der Waals surface area contributed by atoms with Gasteiger partial charge in [0, 0.05) is 10.0 Å². The van der Waals surface area contributed by atoms with E-state index in [-0.39, 0.29) is 19.0 Å². The third kappa shape index (κ3) is 3.15. The molecule has 0 aliphatic carbocycles. The lowest BCUT2D eigenvalue weighted by atomic mass is 10.2. The first-order valence-corrected chi connectivity index (χ1v) is 5.40. The Kier molecular flexibility index (Phi) is 4.64. The van der Waals surface area contributed by atoms with Crippen LogP contribution in [0.3, 0.4) is 0 Å². The molecule has 2 nitrogen and oxygen atoms in total. The van der Waals surface area contributed by atoms with Crippen molar-refractivity contribution in [3.8, 4) is 24.7 Å². The topological polar surface area (TPSA) is 20.3 Å². The first-order chi connectivity index (χ1) is 7.69. The van der Waals surface area contributed by atoms with Crippen LogP contribution in [0.2, 0.25) is 0 Å². The zero-order valence-electron chi connectivity index (χ0n) is 8.61. The molecule has 16 heavy (non-hydrogen) atoms. The van der Waals surface area contributed by atoms with E-state index in [2.05, 4.69) is 27.8 Å². The average Bonchev–Trinajstić information content (AvgIpc) is 2.29. The van der Waals surface area contributed by atoms with Crippen LogP contribution < -0.4 is 0 Å². The number of benzene rings is 1. The highest BCUT2D eigenvalue weighted by atomic mass is 79.9. The van der Waals surface area contributed by atoms with Gasteiger partial charge in [-0.3, -0.25) is 4.79 Å². The SMILES string of the molecule is C#CCN(CC#C)C(=O)c1ccc(Br)cc1. The van der Waals surface area contributed by atoms with Gasteiger partial charge in [-0.15, -0.1) is 12.8 Å². The van der Waals surface area contributed by atoms with Crippen LogP contribution in [-0.2, 0) is 0 Å². The maximum Gasteiger partial charge on any atom is 0.255 e. The van der Waals surface area contributed by atoms with Crippen molar-refractivity contribution in [1.29, 1.82) is 0 Å². The summed E-state index contributed by atoms with van der Waals surface area (Å²) < 4.78 is 0.921. The number of amides is 1. The molecule has 0 saturated heterocycles. The lowest BCUT2D eigenvalue weighted by Gasteiger charge is -2.17. The molecule has 0 fully saturated rings. The Balaban J connectivity index is 2.87. The third-order valence-electron chi connectivity index (χ3n) is 1.94. The second-order valence-corrected chi connectivity index (χ2v) is 3.99. The molecule has 0 spiro atoms. The minimum Gasteiger partial charge on any atom is -0.316 e. The number of hydrogen-bond donors (Lipinski definition) is 0. The van der Waals surface area contributed by atoms with Crippen LogP contribution in [0, 0.1) is 24.7 Å². The molecule has 0 atom stereocenters. The number of terminal acetylenes is 2. The normalized spacial score (nSPS) is 8.94. The van der Waals surface area contributed by atoms with Crippen molar-refractivity contribution < 1.29 is 4.79 Å². The summed E-state index contributed by atoms with van der Waals surface area (Å²) in [6.07, 6.45) is 10.4. The summed E-state index contributed by atoms with van der Waals surface area (Å²) in [7, 11) is 0. The predicted molar refractivity (Wildman–Crippen MR) is 67.7 cm³/mol. The largest absolute Gasteiger partial charge is 0.316 e. The number of rotatable bonds is 3. The maximum atomic E-state index is 12.0. The molecule has 0 aliphatic rings. The Bertz CT molecular complexity index is 434. The highest BCUT2D eigenvalue weighted by Crippen LogP contribution is 2.12. The van der Waals surface area contributed by atoms with Gasteiger partial charge >= 0.3 is 0 Å². The number of carbonyl (C=O) groups is 1. The van der Waals surface area contributed by atoms with Crippen LogP contribution in [0.1, 0.15) is 10.4 Å². The van der Waals surface area contributed by atoms with Crippen LogP contribution >= 0.6 is 15.9 Å². The van der Waals surface area contributed by atoms with Crippen LogP contribution in [0.4, 0.5) is 0 Å². The Morgan fingerprint density at radius 2 is 1.69 bits per heavy atom. The fraction of sp³-hybridized carbons (Fsp3) is 0.154. The Hall–Kier alpha value is -1.71. The van der Waals surface area contributed by atoms with E-state index in [0.29, 0.717) is 5.56 Å². The molecule has 0 N–H and O–H groups in total. The average molecular weight is 276 g/mol. The van der Waals surface area contributed by atoms with Crippen molar-refractivity contribution in [3.63, 3.8) is 0 Å². The summed E-state index contributed by atoms with van der Waals surface area (Å²) in [4.78, 5) is 13.4. The highest BCUT2D eigenvalue weighted by molar-refractivity contribution is 9.10. The minimum absolute atomic E-state index is 0.150. The van der Waals surface area contributed by atoms with Crippen molar-refractivity contribution in [2.45, 2.75) is 0 Å². The molecule has 0 aromatic heterocycles. The fourth-order valence-corrected chi connectivity index (χ4v) is 1.46. The minimum atomic E-state index is -0.150. The zero-order chi connectivity index (χ0) is 12.0. The van der Waals surface area contributed by atoms with E-state index in [1.807, 2.05) is 0 Å². The molecule has 3 heteroatoms. The summed E-state index contributed by atoms with van der Waals surface area (Å²) in [5, 5.41) is 0. The summed E-state index contributed by atoms with van der Waals surface area (Å²) >= 11 is 3.30. The molecule has 1 aromatic rings. The predicted octanol–water partition coefficient (Wildman–Crippen LogP) is 2.16. The van der Waals surface area contributed by atoms with Gasteiger partial charge in [-0.1, -0.05) is 27.8 Å². The summed E-state index contributed by atoms with van der Waals surface area (Å²) in [5.74, 6) is 4.68. The van der Waals surface area contributed by atoms with E-state index in [4.69, 9.17) is 12.8 Å². The molecule has 0 heterocycles. The molecular weight excluding hydrogens is 266 g/mol. The van der Waals surface area contributed by atoms with Gasteiger partial charge in [0.15, 0.2) is 0 Å². The van der Waals surface area contributed by atoms with E-state index < -0.39 is 0 Å². The van der Waals surface area contributed by atoms with Gasteiger partial charge in [-0.2, -0.15) is 0 Å². The van der Waals surface area contributed by atoms with E-state index in [9.17, 15) is 4.79 Å². The number of nitrogens with zero attached hydrogens (tertiary/aromatic N) is 1. The summed E-state index contributed by atoms with van der Waals surface area (Å²) in [6.45, 7) is 0.443. The Morgan fingerprint density at radius 3 is 2.12 bits per heavy atom. The smallest absolute Gasteiger partial charge is 0.255 e. The molecule has 1 aromatic carbocycles. The number of hydrogen-bond acceptors (Lipinski definition) is 1. The van der Waals surface area contributed by atoms with Crippen molar-refractivity contribution in [2.24, 2.45) is 0 Å². The Labute approximate surface area is 104 Å². The lowest BCUT2D eigenvalue weighted by molar-refractivity contribution is 0.0796. The first kappa shape index (κ1) is 12.4. The Morgan fingerprint density at radius 1 is 1.19 bits per heavy atom. The van der Waals surface area contributed by atoms with Gasteiger partial charge in [0.1, 0.15) is 0 Å². The molecule has 1 rings (SSSR count). The van der Waals surface area contributed by atoms with E-state index in [1.165, 1.54) is 4.90 Å². The van der Waals surface area contributed by atoms with Crippen LogP contribution in [0.5, 0.6) is 0 Å². The van der Waals surface area contributed by atoms with Gasteiger partial charge in [0.05, 0.1) is 13.1 Å². The molecule has 1 amide bonds. The van der Waals surface area contributed by atoms with Crippen LogP contribution in [0.25, 0.3) is 0 Å². The summed E-state index contributed by atoms with van der Waals surface area (Å²) in [5.41, 5.74) is 0.578. The van der Waals surface area contributed by atoms with Crippen molar-refractivity contribution in [2.75, 3.05) is 13.1 Å². The first-order valence-electron chi connectivity index (χ1n) is 4.60. The van der Waals surface area contributed by atoms with Gasteiger partial charge in [-0.25, -0.2) is 0 Å². The molecule has 0 unspecified atom stereocenters. The molecule has 0 aliphatic heterocycles. The monoisotopic (exact) mass is 275 g/mol. The lowest BCUT2D eigenvalue weighted by Crippen LogP contribution is -2.31. The highest BCUT2D eigenvalue weighted by Gasteiger charge is 2.13. The van der Waals surface area contributed by atoms with Crippen molar-refractivity contribution in [1.82, 2.24) is 4.90 Å². The van der Waals surface area contributed by atoms with Crippen molar-refractivity contribution >= 4 is 21.8 Å². The molecule has 80 valence electrons. The van der Waals surface area contributed by atoms with Crippen LogP contribution in [-0.4, -0.2) is 23.9 Å². The van der Waals surface area contributed by atoms with E-state index in [0.717, 1.165) is 4.47 Å². The quantitative estimate of drug-likeness (QED) is 0.775. The molecule has 0 radical (unpaired) electrons. The summed E-state index contributed by atoms with van der Waals surface area (Å²) in [6, 6.07) is 7.06. The molecule has 0 saturated carbocycles. The second kappa shape index (κ2) is 6.00. The number of carbonyl (C=O) groups excluding carboxylic acids is 1. The second-order valence-electron chi connectivity index (χ2n) is 3.08. The molecule has 0 bridgehead atoms. The molecular formula is C13H10BrNO. The van der Waals surface area contributed by atoms with Crippen LogP contribution in [0.15, 0.2) is 28.7 Å². The fourth-order valence-electron chi connectivity index (χ4n) is 1.19. The standard InChI is InChI=1S/C13H10BrNO/c1-3-9-15(10-4-2)13(16)11-5-7-12(14)8-6-11/h1-2,5-8H,9-10H2. The third-order valence-corrected chi connectivity index (χ3v) is 2.47. The van der Waals surface area contributed by atoms with Gasteiger partial charge in [-0.05, 0) is 24.3 Å². The van der Waals surface area contributed by atoms with Gasteiger partial charge < -0.3 is 4.90 Å². The van der Waals surface area contributed by atoms with E-state index >= 15 is 0 Å². The van der Waals surface area contributed by atoms with Crippen molar-refractivity contribution in [3.05, 3.63) is 34.3 Å². The number of halogens is 1. The van der Waals surface area contributed by atoms with Gasteiger partial charge in [0.2, 0.25) is 0 Å².